The Kier molecular flexibility index (Phi) is 8.85. The summed E-state index contributed by atoms with van der Waals surface area (Å²) in [6.45, 7) is 4.49. The molecule has 6 heteroatoms. The van der Waals surface area contributed by atoms with Gasteiger partial charge in [-0.3, -0.25) is 0 Å². The second kappa shape index (κ2) is 11.6. The van der Waals surface area contributed by atoms with Crippen molar-refractivity contribution in [2.45, 2.75) is 39.9 Å². The molecule has 2 aromatic rings. The van der Waals surface area contributed by atoms with E-state index in [2.05, 4.69) is 0 Å². The van der Waals surface area contributed by atoms with Gasteiger partial charge in [0.05, 0.1) is 13.2 Å². The van der Waals surface area contributed by atoms with Gasteiger partial charge in [0, 0.05) is 0 Å². The molecule has 0 aliphatic rings. The Labute approximate surface area is 165 Å². The molecule has 0 radical (unpaired) electrons. The molecule has 0 saturated carbocycles. The van der Waals surface area contributed by atoms with Crippen LogP contribution in [-0.2, 0) is 45.0 Å². The molecule has 0 unspecified atom stereocenters. The average molecular weight is 386 g/mol. The monoisotopic (exact) mass is 386 g/mol. The first kappa shape index (κ1) is 21.3. The van der Waals surface area contributed by atoms with Gasteiger partial charge < -0.3 is 18.9 Å². The molecule has 2 rings (SSSR count). The Morgan fingerprint density at radius 1 is 0.571 bits per heavy atom. The summed E-state index contributed by atoms with van der Waals surface area (Å²) in [5.74, 6) is 0. The van der Waals surface area contributed by atoms with E-state index in [9.17, 15) is 9.59 Å². The van der Waals surface area contributed by atoms with Crippen LogP contribution in [0.1, 0.15) is 36.1 Å². The fourth-order valence-electron chi connectivity index (χ4n) is 2.50. The number of ether oxygens (including phenoxy) is 4. The maximum absolute atomic E-state index is 11.2. The number of hydrogen-bond acceptors (Lipinski definition) is 6. The van der Waals surface area contributed by atoms with Crippen LogP contribution in [-0.4, -0.2) is 25.5 Å². The minimum absolute atomic E-state index is 0.203. The number of hydrogen-bond donors (Lipinski definition) is 0. The first-order chi connectivity index (χ1) is 13.6. The normalized spacial score (nSPS) is 10.2. The van der Waals surface area contributed by atoms with Crippen molar-refractivity contribution in [1.29, 1.82) is 0 Å². The fraction of sp³-hybridized carbons (Fsp3) is 0.364. The van der Waals surface area contributed by atoms with Crippen molar-refractivity contribution in [2.24, 2.45) is 0 Å². The standard InChI is InChI=1S/C22H26O6/c1-3-25-21(23)27-15-19-11-7-17(8-12-19)5-6-18-9-13-20(14-10-18)16-28-22(24)26-4-2/h7-14H,3-6,15-16H2,1-2H3. The van der Waals surface area contributed by atoms with Crippen molar-refractivity contribution in [3.8, 4) is 0 Å². The Balaban J connectivity index is 1.75. The zero-order valence-corrected chi connectivity index (χ0v) is 16.3. The van der Waals surface area contributed by atoms with E-state index in [1.54, 1.807) is 13.8 Å². The maximum Gasteiger partial charge on any atom is 0.508 e. The molecule has 28 heavy (non-hydrogen) atoms. The van der Waals surface area contributed by atoms with Crippen LogP contribution in [0.25, 0.3) is 0 Å². The highest BCUT2D eigenvalue weighted by Gasteiger charge is 2.05. The van der Waals surface area contributed by atoms with Gasteiger partial charge in [-0.25, -0.2) is 9.59 Å². The largest absolute Gasteiger partial charge is 0.508 e. The predicted molar refractivity (Wildman–Crippen MR) is 104 cm³/mol. The molecular formula is C22H26O6. The molecule has 0 N–H and O–H groups in total. The summed E-state index contributed by atoms with van der Waals surface area (Å²) >= 11 is 0. The third-order valence-electron chi connectivity index (χ3n) is 3.99. The summed E-state index contributed by atoms with van der Waals surface area (Å²) in [6.07, 6.45) is 0.500. The Morgan fingerprint density at radius 3 is 1.21 bits per heavy atom. The van der Waals surface area contributed by atoms with E-state index < -0.39 is 12.3 Å². The minimum Gasteiger partial charge on any atom is -0.435 e. The average Bonchev–Trinajstić information content (AvgIpc) is 2.71. The van der Waals surface area contributed by atoms with E-state index in [4.69, 9.17) is 18.9 Å². The summed E-state index contributed by atoms with van der Waals surface area (Å²) < 4.78 is 19.5. The number of aryl methyl sites for hydroxylation is 2. The quantitative estimate of drug-likeness (QED) is 0.576. The lowest BCUT2D eigenvalue weighted by Crippen LogP contribution is -2.07. The summed E-state index contributed by atoms with van der Waals surface area (Å²) in [7, 11) is 0. The molecule has 2 aromatic carbocycles. The maximum atomic E-state index is 11.2. The number of rotatable bonds is 9. The van der Waals surface area contributed by atoms with Crippen LogP contribution < -0.4 is 0 Å². The number of benzene rings is 2. The fourth-order valence-corrected chi connectivity index (χ4v) is 2.50. The third kappa shape index (κ3) is 7.70. The molecule has 0 saturated heterocycles. The SMILES string of the molecule is CCOC(=O)OCc1ccc(CCc2ccc(COC(=O)OCC)cc2)cc1. The summed E-state index contributed by atoms with van der Waals surface area (Å²) in [4.78, 5) is 22.4. The highest BCUT2D eigenvalue weighted by molar-refractivity contribution is 5.60. The molecular weight excluding hydrogens is 360 g/mol. The molecule has 0 bridgehead atoms. The van der Waals surface area contributed by atoms with Crippen molar-refractivity contribution in [3.05, 3.63) is 70.8 Å². The van der Waals surface area contributed by atoms with Gasteiger partial charge in [-0.15, -0.1) is 0 Å². The number of carbonyl (C=O) groups excluding carboxylic acids is 2. The zero-order chi connectivity index (χ0) is 20.2. The van der Waals surface area contributed by atoms with E-state index in [0.29, 0.717) is 13.2 Å². The first-order valence-electron chi connectivity index (χ1n) is 9.35. The van der Waals surface area contributed by atoms with Crippen LogP contribution in [0, 0.1) is 0 Å². The highest BCUT2D eigenvalue weighted by atomic mass is 16.7. The Morgan fingerprint density at radius 2 is 0.893 bits per heavy atom. The van der Waals surface area contributed by atoms with Crippen LogP contribution in [0.4, 0.5) is 9.59 Å². The van der Waals surface area contributed by atoms with Crippen LogP contribution in [0.5, 0.6) is 0 Å². The van der Waals surface area contributed by atoms with E-state index in [0.717, 1.165) is 24.0 Å². The second-order valence-corrected chi connectivity index (χ2v) is 6.08. The lowest BCUT2D eigenvalue weighted by atomic mass is 10.0. The molecule has 0 aliphatic carbocycles. The van der Waals surface area contributed by atoms with Gasteiger partial charge in [-0.05, 0) is 48.9 Å². The van der Waals surface area contributed by atoms with E-state index in [1.807, 2.05) is 48.5 Å². The van der Waals surface area contributed by atoms with E-state index >= 15 is 0 Å². The molecule has 0 amide bonds. The van der Waals surface area contributed by atoms with Crippen molar-refractivity contribution >= 4 is 12.3 Å². The molecule has 0 aromatic heterocycles. The van der Waals surface area contributed by atoms with Gasteiger partial charge in [-0.1, -0.05) is 48.5 Å². The zero-order valence-electron chi connectivity index (χ0n) is 16.3. The van der Waals surface area contributed by atoms with Crippen LogP contribution >= 0.6 is 0 Å². The summed E-state index contributed by atoms with van der Waals surface area (Å²) in [5, 5.41) is 0. The van der Waals surface area contributed by atoms with E-state index in [-0.39, 0.29) is 13.2 Å². The lowest BCUT2D eigenvalue weighted by molar-refractivity contribution is 0.0527. The van der Waals surface area contributed by atoms with Gasteiger partial charge in [0.1, 0.15) is 13.2 Å². The van der Waals surface area contributed by atoms with Gasteiger partial charge in [-0.2, -0.15) is 0 Å². The van der Waals surface area contributed by atoms with Gasteiger partial charge in [0.2, 0.25) is 0 Å². The summed E-state index contributed by atoms with van der Waals surface area (Å²) in [5.41, 5.74) is 4.25. The van der Waals surface area contributed by atoms with E-state index in [1.165, 1.54) is 11.1 Å². The second-order valence-electron chi connectivity index (χ2n) is 6.08. The predicted octanol–water partition coefficient (Wildman–Crippen LogP) is 4.82. The smallest absolute Gasteiger partial charge is 0.435 e. The van der Waals surface area contributed by atoms with Crippen molar-refractivity contribution < 1.29 is 28.5 Å². The molecule has 0 aliphatic heterocycles. The van der Waals surface area contributed by atoms with Gasteiger partial charge >= 0.3 is 12.3 Å². The molecule has 0 heterocycles. The molecule has 6 nitrogen and oxygen atoms in total. The minimum atomic E-state index is -0.650. The molecule has 150 valence electrons. The molecule has 0 atom stereocenters. The topological polar surface area (TPSA) is 71.1 Å². The van der Waals surface area contributed by atoms with Crippen molar-refractivity contribution in [2.75, 3.05) is 13.2 Å². The van der Waals surface area contributed by atoms with Gasteiger partial charge in [0.25, 0.3) is 0 Å². The van der Waals surface area contributed by atoms with Crippen molar-refractivity contribution in [3.63, 3.8) is 0 Å². The van der Waals surface area contributed by atoms with Crippen LogP contribution in [0.2, 0.25) is 0 Å². The molecule has 0 fully saturated rings. The van der Waals surface area contributed by atoms with Crippen LogP contribution in [0.3, 0.4) is 0 Å². The Hall–Kier alpha value is -3.02. The Bertz CT molecular complexity index is 671. The van der Waals surface area contributed by atoms with Crippen LogP contribution in [0.15, 0.2) is 48.5 Å². The van der Waals surface area contributed by atoms with Gasteiger partial charge in [0.15, 0.2) is 0 Å². The lowest BCUT2D eigenvalue weighted by Gasteiger charge is -2.07. The first-order valence-corrected chi connectivity index (χ1v) is 9.35. The highest BCUT2D eigenvalue weighted by Crippen LogP contribution is 2.12. The van der Waals surface area contributed by atoms with Crippen molar-refractivity contribution in [1.82, 2.24) is 0 Å². The third-order valence-corrected chi connectivity index (χ3v) is 3.99. The summed E-state index contributed by atoms with van der Waals surface area (Å²) in [6, 6.07) is 15.9. The molecule has 0 spiro atoms. The number of carbonyl (C=O) groups is 2.